The van der Waals surface area contributed by atoms with Gasteiger partial charge in [-0.15, -0.1) is 0 Å². The molecule has 0 spiro atoms. The summed E-state index contributed by atoms with van der Waals surface area (Å²) in [6, 6.07) is 12.7. The maximum atomic E-state index is 13.7. The van der Waals surface area contributed by atoms with Crippen molar-refractivity contribution in [3.8, 4) is 5.75 Å². The number of halogens is 5. The molecule has 1 fully saturated rings. The van der Waals surface area contributed by atoms with Crippen molar-refractivity contribution >= 4 is 5.91 Å². The lowest BCUT2D eigenvalue weighted by Gasteiger charge is -2.34. The van der Waals surface area contributed by atoms with E-state index in [2.05, 4.69) is 4.90 Å². The Bertz CT molecular complexity index is 1120. The standard InChI is InChI=1S/C23H19F5N2O3/c24-17-18(25)20(27)22(21(28)19(17)26)32-13-15-6-7-16(33-15)23(31)30-10-8-29(9-11-30)12-14-4-2-1-3-5-14/h1-7H,8-13H2. The molecule has 0 N–H and O–H groups in total. The molecule has 5 nitrogen and oxygen atoms in total. The largest absolute Gasteiger partial charge is 0.479 e. The van der Waals surface area contributed by atoms with Crippen molar-refractivity contribution in [3.05, 3.63) is 88.6 Å². The van der Waals surface area contributed by atoms with Gasteiger partial charge in [0.2, 0.25) is 29.1 Å². The summed E-state index contributed by atoms with van der Waals surface area (Å²) in [6.07, 6.45) is 0. The first-order chi connectivity index (χ1) is 15.8. The van der Waals surface area contributed by atoms with Crippen molar-refractivity contribution in [1.29, 1.82) is 0 Å². The van der Waals surface area contributed by atoms with Crippen LogP contribution in [0.4, 0.5) is 22.0 Å². The molecule has 174 valence electrons. The van der Waals surface area contributed by atoms with Gasteiger partial charge in [-0.3, -0.25) is 9.69 Å². The maximum absolute atomic E-state index is 13.7. The van der Waals surface area contributed by atoms with E-state index >= 15 is 0 Å². The van der Waals surface area contributed by atoms with Gasteiger partial charge in [0, 0.05) is 32.7 Å². The number of rotatable bonds is 6. The summed E-state index contributed by atoms with van der Waals surface area (Å²) >= 11 is 0. The molecule has 0 radical (unpaired) electrons. The lowest BCUT2D eigenvalue weighted by Crippen LogP contribution is -2.48. The van der Waals surface area contributed by atoms with Crippen LogP contribution in [0, 0.1) is 29.1 Å². The zero-order chi connectivity index (χ0) is 23.5. The lowest BCUT2D eigenvalue weighted by atomic mass is 10.2. The van der Waals surface area contributed by atoms with Crippen LogP contribution in [-0.4, -0.2) is 41.9 Å². The van der Waals surface area contributed by atoms with E-state index in [9.17, 15) is 26.7 Å². The van der Waals surface area contributed by atoms with Gasteiger partial charge in [-0.05, 0) is 17.7 Å². The summed E-state index contributed by atoms with van der Waals surface area (Å²) in [5, 5.41) is 0. The summed E-state index contributed by atoms with van der Waals surface area (Å²) < 4.78 is 77.2. The average molecular weight is 466 g/mol. The van der Waals surface area contributed by atoms with Crippen molar-refractivity contribution in [2.75, 3.05) is 26.2 Å². The minimum atomic E-state index is -2.27. The van der Waals surface area contributed by atoms with Crippen LogP contribution in [0.3, 0.4) is 0 Å². The molecule has 1 saturated heterocycles. The number of furan rings is 1. The Kier molecular flexibility index (Phi) is 6.64. The highest BCUT2D eigenvalue weighted by atomic mass is 19.2. The maximum Gasteiger partial charge on any atom is 0.289 e. The highest BCUT2D eigenvalue weighted by Gasteiger charge is 2.28. The number of hydrogen-bond acceptors (Lipinski definition) is 4. The molecular weight excluding hydrogens is 447 g/mol. The number of piperazine rings is 1. The molecule has 2 heterocycles. The van der Waals surface area contributed by atoms with Gasteiger partial charge in [-0.25, -0.2) is 13.2 Å². The summed E-state index contributed by atoms with van der Waals surface area (Å²) in [7, 11) is 0. The molecular formula is C23H19F5N2O3. The first-order valence-electron chi connectivity index (χ1n) is 10.1. The number of carbonyl (C=O) groups excluding carboxylic acids is 1. The van der Waals surface area contributed by atoms with Gasteiger partial charge in [-0.1, -0.05) is 30.3 Å². The molecule has 33 heavy (non-hydrogen) atoms. The second-order valence-corrected chi connectivity index (χ2v) is 7.51. The third-order valence-corrected chi connectivity index (χ3v) is 5.31. The number of carbonyl (C=O) groups is 1. The van der Waals surface area contributed by atoms with Gasteiger partial charge < -0.3 is 14.1 Å². The fraction of sp³-hybridized carbons (Fsp3) is 0.261. The summed E-state index contributed by atoms with van der Waals surface area (Å²) in [6.45, 7) is 2.49. The molecule has 0 saturated carbocycles. The van der Waals surface area contributed by atoms with Gasteiger partial charge in [0.05, 0.1) is 0 Å². The van der Waals surface area contributed by atoms with E-state index in [-0.39, 0.29) is 17.4 Å². The number of hydrogen-bond donors (Lipinski definition) is 0. The van der Waals surface area contributed by atoms with Crippen LogP contribution in [0.5, 0.6) is 5.75 Å². The number of amides is 1. The molecule has 1 aliphatic heterocycles. The number of benzene rings is 2. The zero-order valence-electron chi connectivity index (χ0n) is 17.3. The summed E-state index contributed by atoms with van der Waals surface area (Å²) in [5.41, 5.74) is 1.18. The monoisotopic (exact) mass is 466 g/mol. The van der Waals surface area contributed by atoms with Crippen molar-refractivity contribution in [1.82, 2.24) is 9.80 Å². The van der Waals surface area contributed by atoms with Crippen LogP contribution in [0.25, 0.3) is 0 Å². The van der Waals surface area contributed by atoms with E-state index in [1.165, 1.54) is 17.7 Å². The van der Waals surface area contributed by atoms with Gasteiger partial charge in [0.25, 0.3) is 5.91 Å². The quantitative estimate of drug-likeness (QED) is 0.305. The van der Waals surface area contributed by atoms with Crippen LogP contribution in [0.1, 0.15) is 21.9 Å². The van der Waals surface area contributed by atoms with Gasteiger partial charge in [-0.2, -0.15) is 8.78 Å². The number of ether oxygens (including phenoxy) is 1. The Balaban J connectivity index is 1.34. The van der Waals surface area contributed by atoms with Crippen molar-refractivity contribution in [2.24, 2.45) is 0 Å². The van der Waals surface area contributed by atoms with Crippen molar-refractivity contribution in [2.45, 2.75) is 13.2 Å². The molecule has 2 aromatic carbocycles. The fourth-order valence-corrected chi connectivity index (χ4v) is 3.53. The predicted octanol–water partition coefficient (Wildman–Crippen LogP) is 4.51. The molecule has 0 unspecified atom stereocenters. The Morgan fingerprint density at radius 1 is 0.818 bits per heavy atom. The fourth-order valence-electron chi connectivity index (χ4n) is 3.53. The third kappa shape index (κ3) is 4.85. The van der Waals surface area contributed by atoms with Crippen LogP contribution >= 0.6 is 0 Å². The Labute approximate surface area is 186 Å². The minimum absolute atomic E-state index is 0.00925. The Morgan fingerprint density at radius 2 is 1.42 bits per heavy atom. The zero-order valence-corrected chi connectivity index (χ0v) is 17.3. The first kappa shape index (κ1) is 22.8. The van der Waals surface area contributed by atoms with Crippen molar-refractivity contribution in [3.63, 3.8) is 0 Å². The average Bonchev–Trinajstić information content (AvgIpc) is 3.31. The second-order valence-electron chi connectivity index (χ2n) is 7.51. The van der Waals surface area contributed by atoms with E-state index < -0.39 is 41.4 Å². The second kappa shape index (κ2) is 9.62. The molecule has 0 bridgehead atoms. The Hall–Kier alpha value is -3.40. The highest BCUT2D eigenvalue weighted by Crippen LogP contribution is 2.30. The SMILES string of the molecule is O=C(c1ccc(COc2c(F)c(F)c(F)c(F)c2F)o1)N1CCN(Cc2ccccc2)CC1. The van der Waals surface area contributed by atoms with Crippen molar-refractivity contribution < 1.29 is 35.9 Å². The molecule has 4 rings (SSSR count). The highest BCUT2D eigenvalue weighted by molar-refractivity contribution is 5.91. The van der Waals surface area contributed by atoms with Crippen LogP contribution in [0.15, 0.2) is 46.9 Å². The molecule has 0 atom stereocenters. The summed E-state index contributed by atoms with van der Waals surface area (Å²) in [4.78, 5) is 16.5. The molecule has 10 heteroatoms. The van der Waals surface area contributed by atoms with Gasteiger partial charge in [0.1, 0.15) is 12.4 Å². The third-order valence-electron chi connectivity index (χ3n) is 5.31. The van der Waals surface area contributed by atoms with Crippen LogP contribution < -0.4 is 4.74 Å². The molecule has 3 aromatic rings. The normalized spacial score (nSPS) is 14.5. The molecule has 1 aromatic heterocycles. The topological polar surface area (TPSA) is 45.9 Å². The van der Waals surface area contributed by atoms with Gasteiger partial charge in [0.15, 0.2) is 11.5 Å². The first-order valence-corrected chi connectivity index (χ1v) is 10.1. The molecule has 0 aliphatic carbocycles. The van der Waals surface area contributed by atoms with E-state index in [1.54, 1.807) is 4.90 Å². The summed E-state index contributed by atoms with van der Waals surface area (Å²) in [5.74, 6) is -12.4. The Morgan fingerprint density at radius 3 is 2.06 bits per heavy atom. The van der Waals surface area contributed by atoms with E-state index in [4.69, 9.17) is 9.15 Å². The van der Waals surface area contributed by atoms with E-state index in [1.807, 2.05) is 30.3 Å². The van der Waals surface area contributed by atoms with Crippen LogP contribution in [0.2, 0.25) is 0 Å². The lowest BCUT2D eigenvalue weighted by molar-refractivity contribution is 0.0594. The van der Waals surface area contributed by atoms with E-state index in [0.717, 1.165) is 6.54 Å². The van der Waals surface area contributed by atoms with Gasteiger partial charge >= 0.3 is 0 Å². The predicted molar refractivity (Wildman–Crippen MR) is 107 cm³/mol. The van der Waals surface area contributed by atoms with E-state index in [0.29, 0.717) is 26.2 Å². The number of nitrogens with zero attached hydrogens (tertiary/aromatic N) is 2. The molecule has 1 aliphatic rings. The minimum Gasteiger partial charge on any atom is -0.479 e. The van der Waals surface area contributed by atoms with Crippen LogP contribution in [-0.2, 0) is 13.2 Å². The molecule has 1 amide bonds. The smallest absolute Gasteiger partial charge is 0.289 e.